The van der Waals surface area contributed by atoms with Crippen LogP contribution in [0.3, 0.4) is 0 Å². The first kappa shape index (κ1) is 14.4. The van der Waals surface area contributed by atoms with Crippen molar-refractivity contribution in [3.05, 3.63) is 27.3 Å². The first-order valence-electron chi connectivity index (χ1n) is 5.54. The molecule has 1 amide bonds. The van der Waals surface area contributed by atoms with Gasteiger partial charge >= 0.3 is 0 Å². The number of hydrogen-bond acceptors (Lipinski definition) is 2. The number of benzene rings is 1. The summed E-state index contributed by atoms with van der Waals surface area (Å²) in [5.41, 5.74) is 7.66. The number of carbonyl (C=O) groups is 1. The molecule has 0 saturated carbocycles. The highest BCUT2D eigenvalue weighted by Crippen LogP contribution is 2.20. The summed E-state index contributed by atoms with van der Waals surface area (Å²) in [7, 11) is 0. The van der Waals surface area contributed by atoms with Gasteiger partial charge in [0.15, 0.2) is 0 Å². The summed E-state index contributed by atoms with van der Waals surface area (Å²) in [6.45, 7) is 7.90. The van der Waals surface area contributed by atoms with E-state index in [1.54, 1.807) is 0 Å². The zero-order valence-electron chi connectivity index (χ0n) is 10.7. The van der Waals surface area contributed by atoms with E-state index in [1.807, 2.05) is 45.9 Å². The van der Waals surface area contributed by atoms with Crippen LogP contribution in [0.25, 0.3) is 0 Å². The molecule has 1 aromatic rings. The summed E-state index contributed by atoms with van der Waals surface area (Å²) in [4.78, 5) is 11.9. The van der Waals surface area contributed by atoms with Crippen LogP contribution in [0, 0.1) is 15.9 Å². The molecule has 1 atom stereocenters. The van der Waals surface area contributed by atoms with Gasteiger partial charge in [-0.25, -0.2) is 0 Å². The smallest absolute Gasteiger partial charge is 0.241 e. The number of carbonyl (C=O) groups excluding carboxylic acids is 1. The number of nitrogens with one attached hydrogen (secondary N) is 1. The molecule has 94 valence electrons. The van der Waals surface area contributed by atoms with E-state index in [9.17, 15) is 4.79 Å². The minimum atomic E-state index is -0.513. The summed E-state index contributed by atoms with van der Waals surface area (Å²) < 4.78 is 1.13. The van der Waals surface area contributed by atoms with Gasteiger partial charge in [-0.05, 0) is 52.6 Å². The van der Waals surface area contributed by atoms with Gasteiger partial charge in [-0.2, -0.15) is 0 Å². The Bertz CT molecular complexity index is 424. The van der Waals surface area contributed by atoms with E-state index >= 15 is 0 Å². The molecule has 3 N–H and O–H groups in total. The number of nitrogens with two attached hydrogens (primary N) is 1. The summed E-state index contributed by atoms with van der Waals surface area (Å²) in [5, 5.41) is 2.85. The zero-order valence-corrected chi connectivity index (χ0v) is 12.8. The molecule has 0 spiro atoms. The Kier molecular flexibility index (Phi) is 4.55. The Morgan fingerprint density at radius 1 is 1.41 bits per heavy atom. The van der Waals surface area contributed by atoms with Gasteiger partial charge in [-0.1, -0.05) is 26.8 Å². The zero-order chi connectivity index (χ0) is 13.2. The minimum Gasteiger partial charge on any atom is -0.325 e. The number of rotatable bonds is 2. The first-order chi connectivity index (χ1) is 7.71. The van der Waals surface area contributed by atoms with E-state index in [-0.39, 0.29) is 11.3 Å². The van der Waals surface area contributed by atoms with Gasteiger partial charge in [0.1, 0.15) is 0 Å². The van der Waals surface area contributed by atoms with Crippen molar-refractivity contribution in [1.29, 1.82) is 0 Å². The van der Waals surface area contributed by atoms with Crippen LogP contribution in [-0.2, 0) is 4.79 Å². The molecule has 0 fully saturated rings. The van der Waals surface area contributed by atoms with Crippen LogP contribution < -0.4 is 11.1 Å². The molecule has 0 aliphatic carbocycles. The molecule has 17 heavy (non-hydrogen) atoms. The second-order valence-corrected chi connectivity index (χ2v) is 6.46. The van der Waals surface area contributed by atoms with Gasteiger partial charge in [-0.3, -0.25) is 4.79 Å². The average Bonchev–Trinajstić information content (AvgIpc) is 2.21. The number of halogens is 1. The molecule has 3 nitrogen and oxygen atoms in total. The molecule has 0 aromatic heterocycles. The maximum absolute atomic E-state index is 11.9. The van der Waals surface area contributed by atoms with Crippen molar-refractivity contribution in [1.82, 2.24) is 0 Å². The minimum absolute atomic E-state index is 0.142. The fraction of sp³-hybridized carbons (Fsp3) is 0.462. The molecule has 0 saturated heterocycles. The summed E-state index contributed by atoms with van der Waals surface area (Å²) in [5.74, 6) is -0.142. The van der Waals surface area contributed by atoms with Gasteiger partial charge < -0.3 is 11.1 Å². The molecule has 0 aliphatic rings. The molecule has 0 unspecified atom stereocenters. The normalized spacial score (nSPS) is 13.3. The van der Waals surface area contributed by atoms with E-state index in [2.05, 4.69) is 27.9 Å². The number of aryl methyl sites for hydroxylation is 1. The molecular weight excluding hydrogens is 327 g/mol. The Labute approximate surface area is 116 Å². The average molecular weight is 346 g/mol. The van der Waals surface area contributed by atoms with Crippen LogP contribution in [-0.4, -0.2) is 11.9 Å². The predicted octanol–water partition coefficient (Wildman–Crippen LogP) is 2.91. The summed E-state index contributed by atoms with van der Waals surface area (Å²) >= 11 is 2.25. The van der Waals surface area contributed by atoms with Gasteiger partial charge in [0.2, 0.25) is 5.91 Å². The van der Waals surface area contributed by atoms with Gasteiger partial charge in [-0.15, -0.1) is 0 Å². The largest absolute Gasteiger partial charge is 0.325 e. The number of amides is 1. The molecule has 1 rings (SSSR count). The quantitative estimate of drug-likeness (QED) is 0.809. The third-order valence-electron chi connectivity index (χ3n) is 2.65. The van der Waals surface area contributed by atoms with Crippen LogP contribution >= 0.6 is 22.6 Å². The van der Waals surface area contributed by atoms with E-state index < -0.39 is 6.04 Å². The number of anilines is 1. The van der Waals surface area contributed by atoms with Crippen molar-refractivity contribution in [2.75, 3.05) is 5.32 Å². The Hall–Kier alpha value is -0.620. The molecule has 0 radical (unpaired) electrons. The Morgan fingerprint density at radius 3 is 2.47 bits per heavy atom. The lowest BCUT2D eigenvalue weighted by Crippen LogP contribution is -2.45. The monoisotopic (exact) mass is 346 g/mol. The van der Waals surface area contributed by atoms with Crippen molar-refractivity contribution < 1.29 is 4.79 Å². The Balaban J connectivity index is 2.78. The maximum atomic E-state index is 11.9. The summed E-state index contributed by atoms with van der Waals surface area (Å²) in [6, 6.07) is 5.31. The van der Waals surface area contributed by atoms with Crippen molar-refractivity contribution in [2.45, 2.75) is 33.7 Å². The maximum Gasteiger partial charge on any atom is 0.241 e. The molecule has 0 bridgehead atoms. The standard InChI is InChI=1S/C13H19IN2O/c1-8-5-6-9(7-10(8)14)16-12(17)11(15)13(2,3)4/h5-7,11H,15H2,1-4H3,(H,16,17)/t11-/m1/s1. The highest BCUT2D eigenvalue weighted by molar-refractivity contribution is 14.1. The van der Waals surface area contributed by atoms with E-state index in [0.717, 1.165) is 9.26 Å². The van der Waals surface area contributed by atoms with Gasteiger partial charge in [0.25, 0.3) is 0 Å². The van der Waals surface area contributed by atoms with Crippen molar-refractivity contribution in [3.8, 4) is 0 Å². The molecule has 0 heterocycles. The van der Waals surface area contributed by atoms with Crippen LogP contribution in [0.15, 0.2) is 18.2 Å². The van der Waals surface area contributed by atoms with E-state index in [1.165, 1.54) is 5.56 Å². The third-order valence-corrected chi connectivity index (χ3v) is 3.82. The Morgan fingerprint density at radius 2 is 2.00 bits per heavy atom. The van der Waals surface area contributed by atoms with Crippen molar-refractivity contribution >= 4 is 34.2 Å². The second-order valence-electron chi connectivity index (χ2n) is 5.30. The topological polar surface area (TPSA) is 55.1 Å². The lowest BCUT2D eigenvalue weighted by atomic mass is 9.87. The van der Waals surface area contributed by atoms with E-state index in [0.29, 0.717) is 0 Å². The fourth-order valence-electron chi connectivity index (χ4n) is 1.28. The van der Waals surface area contributed by atoms with Crippen LogP contribution in [0.5, 0.6) is 0 Å². The van der Waals surface area contributed by atoms with Crippen molar-refractivity contribution in [2.24, 2.45) is 11.1 Å². The molecular formula is C13H19IN2O. The van der Waals surface area contributed by atoms with Crippen LogP contribution in [0.4, 0.5) is 5.69 Å². The van der Waals surface area contributed by atoms with E-state index in [4.69, 9.17) is 5.73 Å². The van der Waals surface area contributed by atoms with Crippen LogP contribution in [0.1, 0.15) is 26.3 Å². The first-order valence-corrected chi connectivity index (χ1v) is 6.62. The lowest BCUT2D eigenvalue weighted by Gasteiger charge is -2.25. The highest BCUT2D eigenvalue weighted by Gasteiger charge is 2.27. The molecule has 1 aromatic carbocycles. The van der Waals surface area contributed by atoms with Crippen LogP contribution in [0.2, 0.25) is 0 Å². The highest BCUT2D eigenvalue weighted by atomic mass is 127. The second kappa shape index (κ2) is 5.35. The van der Waals surface area contributed by atoms with Gasteiger partial charge in [0, 0.05) is 9.26 Å². The molecule has 4 heteroatoms. The van der Waals surface area contributed by atoms with Gasteiger partial charge in [0.05, 0.1) is 6.04 Å². The fourth-order valence-corrected chi connectivity index (χ4v) is 1.80. The SMILES string of the molecule is Cc1ccc(NC(=O)[C@@H](N)C(C)(C)C)cc1I. The molecule has 0 aliphatic heterocycles. The van der Waals surface area contributed by atoms with Crippen molar-refractivity contribution in [3.63, 3.8) is 0 Å². The summed E-state index contributed by atoms with van der Waals surface area (Å²) in [6.07, 6.45) is 0. The third kappa shape index (κ3) is 3.96. The predicted molar refractivity (Wildman–Crippen MR) is 80.0 cm³/mol. The lowest BCUT2D eigenvalue weighted by molar-refractivity contribution is -0.119. The number of hydrogen-bond donors (Lipinski definition) is 2.